The van der Waals surface area contributed by atoms with Crippen molar-refractivity contribution in [2.45, 2.75) is 45.6 Å². The second-order valence-corrected chi connectivity index (χ2v) is 4.97. The molecule has 96 valence electrons. The fourth-order valence-corrected chi connectivity index (χ4v) is 1.32. The Bertz CT molecular complexity index is 205. The van der Waals surface area contributed by atoms with Crippen LogP contribution in [0, 0.1) is 5.92 Å². The maximum atomic E-state index is 11.5. The van der Waals surface area contributed by atoms with Gasteiger partial charge in [-0.3, -0.25) is 4.79 Å². The van der Waals surface area contributed by atoms with Gasteiger partial charge in [-0.1, -0.05) is 6.92 Å². The van der Waals surface area contributed by atoms with Crippen molar-refractivity contribution in [3.05, 3.63) is 0 Å². The predicted molar refractivity (Wildman–Crippen MR) is 66.2 cm³/mol. The van der Waals surface area contributed by atoms with Crippen molar-refractivity contribution >= 4 is 5.91 Å². The average molecular weight is 230 g/mol. The zero-order valence-corrected chi connectivity index (χ0v) is 11.0. The fraction of sp³-hybridized carbons (Fsp3) is 0.917. The van der Waals surface area contributed by atoms with Gasteiger partial charge in [-0.15, -0.1) is 0 Å². The highest BCUT2D eigenvalue weighted by Gasteiger charge is 2.20. The van der Waals surface area contributed by atoms with Gasteiger partial charge in [0.25, 0.3) is 0 Å². The number of nitrogens with two attached hydrogens (primary N) is 1. The summed E-state index contributed by atoms with van der Waals surface area (Å²) < 4.78 is 5.19. The van der Waals surface area contributed by atoms with E-state index in [4.69, 9.17) is 10.5 Å². The molecule has 0 fully saturated rings. The number of nitrogens with one attached hydrogen (secondary N) is 1. The molecule has 1 atom stereocenters. The highest BCUT2D eigenvalue weighted by Crippen LogP contribution is 2.12. The van der Waals surface area contributed by atoms with Crippen LogP contribution in [-0.2, 0) is 9.53 Å². The molecule has 0 heterocycles. The van der Waals surface area contributed by atoms with Crippen LogP contribution >= 0.6 is 0 Å². The van der Waals surface area contributed by atoms with Gasteiger partial charge in [0.1, 0.15) is 0 Å². The SMILES string of the molecule is COC(C)(C)CC(=O)NCCCC(C)CN. The Morgan fingerprint density at radius 3 is 2.62 bits per heavy atom. The van der Waals surface area contributed by atoms with Gasteiger partial charge in [0.15, 0.2) is 0 Å². The topological polar surface area (TPSA) is 64.3 Å². The molecule has 0 aromatic rings. The third kappa shape index (κ3) is 7.65. The Kier molecular flexibility index (Phi) is 7.34. The van der Waals surface area contributed by atoms with Crippen LogP contribution in [0.1, 0.15) is 40.0 Å². The van der Waals surface area contributed by atoms with Gasteiger partial charge >= 0.3 is 0 Å². The molecule has 16 heavy (non-hydrogen) atoms. The lowest BCUT2D eigenvalue weighted by atomic mass is 10.0. The van der Waals surface area contributed by atoms with E-state index in [2.05, 4.69) is 12.2 Å². The molecule has 0 aliphatic rings. The summed E-state index contributed by atoms with van der Waals surface area (Å²) in [6.45, 7) is 7.37. The summed E-state index contributed by atoms with van der Waals surface area (Å²) in [5.74, 6) is 0.583. The molecule has 0 aromatic heterocycles. The Labute approximate surface area is 98.9 Å². The lowest BCUT2D eigenvalue weighted by Gasteiger charge is -2.22. The van der Waals surface area contributed by atoms with E-state index in [-0.39, 0.29) is 11.5 Å². The van der Waals surface area contributed by atoms with E-state index in [1.807, 2.05) is 13.8 Å². The van der Waals surface area contributed by atoms with Crippen LogP contribution in [0.5, 0.6) is 0 Å². The second kappa shape index (κ2) is 7.63. The minimum Gasteiger partial charge on any atom is -0.378 e. The van der Waals surface area contributed by atoms with Gasteiger partial charge < -0.3 is 15.8 Å². The highest BCUT2D eigenvalue weighted by molar-refractivity contribution is 5.76. The van der Waals surface area contributed by atoms with Crippen molar-refractivity contribution in [3.8, 4) is 0 Å². The smallest absolute Gasteiger partial charge is 0.222 e. The van der Waals surface area contributed by atoms with Crippen molar-refractivity contribution in [1.29, 1.82) is 0 Å². The number of ether oxygens (including phenoxy) is 1. The zero-order valence-electron chi connectivity index (χ0n) is 11.0. The summed E-state index contributed by atoms with van der Waals surface area (Å²) in [4.78, 5) is 11.5. The highest BCUT2D eigenvalue weighted by atomic mass is 16.5. The molecule has 1 unspecified atom stereocenters. The van der Waals surface area contributed by atoms with Crippen LogP contribution in [-0.4, -0.2) is 31.7 Å². The first-order valence-electron chi connectivity index (χ1n) is 5.93. The summed E-state index contributed by atoms with van der Waals surface area (Å²) >= 11 is 0. The monoisotopic (exact) mass is 230 g/mol. The summed E-state index contributed by atoms with van der Waals surface area (Å²) in [6.07, 6.45) is 2.44. The molecule has 0 rings (SSSR count). The summed E-state index contributed by atoms with van der Waals surface area (Å²) in [5.41, 5.74) is 5.13. The van der Waals surface area contributed by atoms with E-state index in [9.17, 15) is 4.79 Å². The lowest BCUT2D eigenvalue weighted by molar-refractivity contribution is -0.126. The molecule has 0 aliphatic carbocycles. The van der Waals surface area contributed by atoms with Crippen LogP contribution in [0.15, 0.2) is 0 Å². The van der Waals surface area contributed by atoms with Crippen LogP contribution in [0.25, 0.3) is 0 Å². The van der Waals surface area contributed by atoms with E-state index >= 15 is 0 Å². The second-order valence-electron chi connectivity index (χ2n) is 4.97. The van der Waals surface area contributed by atoms with Crippen LogP contribution < -0.4 is 11.1 Å². The first-order chi connectivity index (χ1) is 7.41. The van der Waals surface area contributed by atoms with Gasteiger partial charge in [-0.25, -0.2) is 0 Å². The van der Waals surface area contributed by atoms with Crippen molar-refractivity contribution < 1.29 is 9.53 Å². The number of methoxy groups -OCH3 is 1. The maximum Gasteiger partial charge on any atom is 0.222 e. The normalized spacial score (nSPS) is 13.6. The Morgan fingerprint density at radius 1 is 1.50 bits per heavy atom. The number of hydrogen-bond donors (Lipinski definition) is 2. The van der Waals surface area contributed by atoms with Gasteiger partial charge in [0.2, 0.25) is 5.91 Å². The summed E-state index contributed by atoms with van der Waals surface area (Å²) in [7, 11) is 1.62. The molecule has 3 N–H and O–H groups in total. The lowest BCUT2D eigenvalue weighted by Crippen LogP contribution is -2.34. The third-order valence-electron chi connectivity index (χ3n) is 2.74. The molecule has 0 aliphatic heterocycles. The zero-order chi connectivity index (χ0) is 12.6. The van der Waals surface area contributed by atoms with Crippen molar-refractivity contribution in [2.24, 2.45) is 11.7 Å². The average Bonchev–Trinajstić information content (AvgIpc) is 2.23. The largest absolute Gasteiger partial charge is 0.378 e. The first-order valence-corrected chi connectivity index (χ1v) is 5.93. The number of rotatable bonds is 8. The fourth-order valence-electron chi connectivity index (χ4n) is 1.32. The maximum absolute atomic E-state index is 11.5. The van der Waals surface area contributed by atoms with Gasteiger partial charge in [-0.05, 0) is 39.2 Å². The molecule has 0 saturated heterocycles. The number of carbonyl (C=O) groups excluding carboxylic acids is 1. The van der Waals surface area contributed by atoms with Crippen LogP contribution in [0.2, 0.25) is 0 Å². The van der Waals surface area contributed by atoms with Crippen LogP contribution in [0.4, 0.5) is 0 Å². The molecule has 4 heteroatoms. The van der Waals surface area contributed by atoms with Crippen LogP contribution in [0.3, 0.4) is 0 Å². The van der Waals surface area contributed by atoms with E-state index in [0.717, 1.165) is 19.4 Å². The van der Waals surface area contributed by atoms with Crippen molar-refractivity contribution in [2.75, 3.05) is 20.2 Å². The predicted octanol–water partition coefficient (Wildman–Crippen LogP) is 1.29. The minimum absolute atomic E-state index is 0.0484. The van der Waals surface area contributed by atoms with E-state index in [1.54, 1.807) is 7.11 Å². The third-order valence-corrected chi connectivity index (χ3v) is 2.74. The molecule has 0 radical (unpaired) electrons. The molecule has 0 bridgehead atoms. The molecule has 0 spiro atoms. The van der Waals surface area contributed by atoms with Crippen molar-refractivity contribution in [1.82, 2.24) is 5.32 Å². The number of amides is 1. The number of carbonyl (C=O) groups is 1. The molecular weight excluding hydrogens is 204 g/mol. The van der Waals surface area contributed by atoms with E-state index in [1.165, 1.54) is 0 Å². The van der Waals surface area contributed by atoms with E-state index < -0.39 is 0 Å². The Balaban J connectivity index is 3.59. The molecule has 0 aromatic carbocycles. The summed E-state index contributed by atoms with van der Waals surface area (Å²) in [5, 5.41) is 2.89. The van der Waals surface area contributed by atoms with Gasteiger partial charge in [-0.2, -0.15) is 0 Å². The van der Waals surface area contributed by atoms with Gasteiger partial charge in [0, 0.05) is 13.7 Å². The Morgan fingerprint density at radius 2 is 2.12 bits per heavy atom. The quantitative estimate of drug-likeness (QED) is 0.618. The first kappa shape index (κ1) is 15.4. The standard InChI is InChI=1S/C12H26N2O2/c1-10(9-13)6-5-7-14-11(15)8-12(2,3)16-4/h10H,5-9,13H2,1-4H3,(H,14,15). The van der Waals surface area contributed by atoms with Crippen molar-refractivity contribution in [3.63, 3.8) is 0 Å². The Hall–Kier alpha value is -0.610. The van der Waals surface area contributed by atoms with Gasteiger partial charge in [0.05, 0.1) is 12.0 Å². The van der Waals surface area contributed by atoms with E-state index in [0.29, 0.717) is 18.9 Å². The molecule has 4 nitrogen and oxygen atoms in total. The minimum atomic E-state index is -0.380. The molecular formula is C12H26N2O2. The summed E-state index contributed by atoms with van der Waals surface area (Å²) in [6, 6.07) is 0. The number of hydrogen-bond acceptors (Lipinski definition) is 3. The molecule has 0 saturated carbocycles. The molecule has 1 amide bonds.